The van der Waals surface area contributed by atoms with E-state index in [2.05, 4.69) is 9.88 Å². The molecular formula is C31H33F6N3O2. The molecule has 1 atom stereocenters. The van der Waals surface area contributed by atoms with Gasteiger partial charge in [-0.2, -0.15) is 26.3 Å². The molecule has 1 fully saturated rings. The van der Waals surface area contributed by atoms with E-state index in [1.165, 1.54) is 4.90 Å². The van der Waals surface area contributed by atoms with Crippen LogP contribution in [0, 0.1) is 13.8 Å². The Hall–Kier alpha value is -3.60. The van der Waals surface area contributed by atoms with E-state index in [0.717, 1.165) is 28.8 Å². The Morgan fingerprint density at radius 1 is 0.952 bits per heavy atom. The molecule has 4 rings (SSSR count). The number of pyridine rings is 1. The molecule has 0 saturated carbocycles. The summed E-state index contributed by atoms with van der Waals surface area (Å²) in [7, 11) is 1.58. The molecule has 0 spiro atoms. The first-order valence-corrected chi connectivity index (χ1v) is 13.6. The van der Waals surface area contributed by atoms with Crippen molar-refractivity contribution in [2.75, 3.05) is 33.3 Å². The van der Waals surface area contributed by atoms with Crippen LogP contribution in [0.3, 0.4) is 0 Å². The minimum atomic E-state index is -5.04. The zero-order valence-corrected chi connectivity index (χ0v) is 23.6. The number of hydrogen-bond donors (Lipinski definition) is 0. The lowest BCUT2D eigenvalue weighted by atomic mass is 9.97. The molecule has 5 nitrogen and oxygen atoms in total. The summed E-state index contributed by atoms with van der Waals surface area (Å²) >= 11 is 0. The van der Waals surface area contributed by atoms with E-state index >= 15 is 0 Å². The summed E-state index contributed by atoms with van der Waals surface area (Å²) < 4.78 is 86.4. The summed E-state index contributed by atoms with van der Waals surface area (Å²) in [4.78, 5) is 21.6. The molecule has 0 N–H and O–H groups in total. The number of ether oxygens (including phenoxy) is 1. The van der Waals surface area contributed by atoms with Gasteiger partial charge in [0, 0.05) is 37.4 Å². The number of nitrogens with zero attached hydrogens (tertiary/aromatic N) is 3. The lowest BCUT2D eigenvalue weighted by Crippen LogP contribution is -2.56. The highest BCUT2D eigenvalue weighted by Crippen LogP contribution is 2.37. The average Bonchev–Trinajstić information content (AvgIpc) is 2.94. The number of alkyl halides is 6. The molecule has 0 aliphatic carbocycles. The van der Waals surface area contributed by atoms with Gasteiger partial charge in [0.15, 0.2) is 0 Å². The standard InChI is InChI=1S/C31H33F6N3O2/c1-20-8-9-22(14-21(20)2)15-26-19-39(11-5-6-27-28(42-3)7-4-10-38-27)12-13-40(26)29(41)23-16-24(30(32,33)34)18-25(17-23)31(35,36)37/h4,7-10,14,16-18,26H,5-6,11-13,15,19H2,1-3H3/t26-/m1/s1. The van der Waals surface area contributed by atoms with E-state index in [-0.39, 0.29) is 12.6 Å². The van der Waals surface area contributed by atoms with Gasteiger partial charge < -0.3 is 9.64 Å². The zero-order chi connectivity index (χ0) is 30.7. The van der Waals surface area contributed by atoms with Gasteiger partial charge in [0.05, 0.1) is 23.9 Å². The Bertz CT molecular complexity index is 1370. The lowest BCUT2D eigenvalue weighted by molar-refractivity contribution is -0.143. The first kappa shape index (κ1) is 31.3. The highest BCUT2D eigenvalue weighted by atomic mass is 19.4. The molecule has 1 aromatic heterocycles. The topological polar surface area (TPSA) is 45.7 Å². The summed E-state index contributed by atoms with van der Waals surface area (Å²) in [5.41, 5.74) is 0.259. The SMILES string of the molecule is COc1cccnc1CCCN1CCN(C(=O)c2cc(C(F)(F)F)cc(C(F)(F)F)c2)[C@H](Cc2ccc(C)c(C)c2)C1. The molecule has 1 aliphatic heterocycles. The maximum atomic E-state index is 13.6. The Labute approximate surface area is 241 Å². The first-order chi connectivity index (χ1) is 19.8. The molecule has 11 heteroatoms. The molecule has 2 aromatic carbocycles. The number of piperazine rings is 1. The summed E-state index contributed by atoms with van der Waals surface area (Å²) in [5.74, 6) is -0.154. The number of hydrogen-bond acceptors (Lipinski definition) is 4. The van der Waals surface area contributed by atoms with Crippen molar-refractivity contribution in [3.8, 4) is 5.75 Å². The first-order valence-electron chi connectivity index (χ1n) is 13.6. The number of rotatable bonds is 8. The molecular weight excluding hydrogens is 560 g/mol. The zero-order valence-electron chi connectivity index (χ0n) is 23.6. The van der Waals surface area contributed by atoms with Crippen molar-refractivity contribution in [2.45, 2.75) is 51.5 Å². The van der Waals surface area contributed by atoms with Crippen LogP contribution in [-0.2, 0) is 25.2 Å². The molecule has 2 heterocycles. The van der Waals surface area contributed by atoms with Crippen LogP contribution >= 0.6 is 0 Å². The largest absolute Gasteiger partial charge is 0.495 e. The van der Waals surface area contributed by atoms with Gasteiger partial charge in [-0.25, -0.2) is 0 Å². The van der Waals surface area contributed by atoms with Crippen molar-refractivity contribution in [3.05, 3.63) is 93.8 Å². The van der Waals surface area contributed by atoms with Crippen molar-refractivity contribution < 1.29 is 35.9 Å². The van der Waals surface area contributed by atoms with Gasteiger partial charge in [-0.15, -0.1) is 0 Å². The van der Waals surface area contributed by atoms with Gasteiger partial charge in [-0.3, -0.25) is 14.7 Å². The van der Waals surface area contributed by atoms with Crippen molar-refractivity contribution in [1.82, 2.24) is 14.8 Å². The van der Waals surface area contributed by atoms with Crippen molar-refractivity contribution in [2.24, 2.45) is 0 Å². The average molecular weight is 594 g/mol. The van der Waals surface area contributed by atoms with E-state index in [1.54, 1.807) is 19.4 Å². The van der Waals surface area contributed by atoms with Crippen LogP contribution < -0.4 is 4.74 Å². The summed E-state index contributed by atoms with van der Waals surface area (Å²) in [6.07, 6.45) is -6.56. The second-order valence-electron chi connectivity index (χ2n) is 10.6. The molecule has 0 bridgehead atoms. The monoisotopic (exact) mass is 593 g/mol. The Kier molecular flexibility index (Phi) is 9.50. The molecule has 42 heavy (non-hydrogen) atoms. The quantitative estimate of drug-likeness (QED) is 0.271. The van der Waals surface area contributed by atoms with Crippen LogP contribution in [0.25, 0.3) is 0 Å². The van der Waals surface area contributed by atoms with Crippen LogP contribution in [0.1, 0.15) is 50.3 Å². The number of methoxy groups -OCH3 is 1. The Balaban J connectivity index is 1.58. The van der Waals surface area contributed by atoms with Gasteiger partial charge >= 0.3 is 12.4 Å². The third kappa shape index (κ3) is 7.61. The molecule has 1 saturated heterocycles. The minimum absolute atomic E-state index is 0.0396. The maximum absolute atomic E-state index is 13.6. The predicted molar refractivity (Wildman–Crippen MR) is 146 cm³/mol. The number of benzene rings is 2. The number of aromatic nitrogens is 1. The van der Waals surface area contributed by atoms with E-state index in [9.17, 15) is 31.1 Å². The van der Waals surface area contributed by atoms with E-state index in [4.69, 9.17) is 4.74 Å². The lowest BCUT2D eigenvalue weighted by Gasteiger charge is -2.42. The highest BCUT2D eigenvalue weighted by Gasteiger charge is 2.39. The van der Waals surface area contributed by atoms with Crippen LogP contribution in [0.5, 0.6) is 5.75 Å². The molecule has 1 amide bonds. The third-order valence-electron chi connectivity index (χ3n) is 7.66. The van der Waals surface area contributed by atoms with E-state index in [0.29, 0.717) is 50.4 Å². The smallest absolute Gasteiger partial charge is 0.416 e. The number of carbonyl (C=O) groups is 1. The molecule has 0 radical (unpaired) electrons. The van der Waals surface area contributed by atoms with Crippen LogP contribution in [-0.4, -0.2) is 60.0 Å². The minimum Gasteiger partial charge on any atom is -0.495 e. The molecule has 0 unspecified atom stereocenters. The van der Waals surface area contributed by atoms with E-state index < -0.39 is 41.0 Å². The fourth-order valence-electron chi connectivity index (χ4n) is 5.28. The Morgan fingerprint density at radius 2 is 1.64 bits per heavy atom. The normalized spacial score (nSPS) is 16.5. The fraction of sp³-hybridized carbons (Fsp3) is 0.419. The number of aryl methyl sites for hydroxylation is 3. The van der Waals surface area contributed by atoms with Gasteiger partial charge in [-0.05, 0) is 86.7 Å². The van der Waals surface area contributed by atoms with Gasteiger partial charge in [-0.1, -0.05) is 18.2 Å². The van der Waals surface area contributed by atoms with E-state index in [1.807, 2.05) is 38.1 Å². The van der Waals surface area contributed by atoms with Crippen LogP contribution in [0.2, 0.25) is 0 Å². The third-order valence-corrected chi connectivity index (χ3v) is 7.66. The highest BCUT2D eigenvalue weighted by molar-refractivity contribution is 5.95. The Morgan fingerprint density at radius 3 is 2.26 bits per heavy atom. The molecule has 3 aromatic rings. The maximum Gasteiger partial charge on any atom is 0.416 e. The predicted octanol–water partition coefficient (Wildman–Crippen LogP) is 6.75. The second kappa shape index (κ2) is 12.7. The van der Waals surface area contributed by atoms with Crippen molar-refractivity contribution >= 4 is 5.91 Å². The van der Waals surface area contributed by atoms with Gasteiger partial charge in [0.2, 0.25) is 0 Å². The van der Waals surface area contributed by atoms with Crippen LogP contribution in [0.15, 0.2) is 54.7 Å². The van der Waals surface area contributed by atoms with Crippen LogP contribution in [0.4, 0.5) is 26.3 Å². The van der Waals surface area contributed by atoms with Gasteiger partial charge in [0.1, 0.15) is 5.75 Å². The summed E-state index contributed by atoms with van der Waals surface area (Å²) in [6, 6.07) is 10.1. The van der Waals surface area contributed by atoms with Crippen molar-refractivity contribution in [1.29, 1.82) is 0 Å². The summed E-state index contributed by atoms with van der Waals surface area (Å²) in [6.45, 7) is 5.62. The number of halogens is 6. The summed E-state index contributed by atoms with van der Waals surface area (Å²) in [5, 5.41) is 0. The number of carbonyl (C=O) groups excluding carboxylic acids is 1. The van der Waals surface area contributed by atoms with Gasteiger partial charge in [0.25, 0.3) is 5.91 Å². The molecule has 1 aliphatic rings. The number of amides is 1. The fourth-order valence-corrected chi connectivity index (χ4v) is 5.28. The van der Waals surface area contributed by atoms with Crippen molar-refractivity contribution in [3.63, 3.8) is 0 Å². The molecule has 226 valence electrons. The second-order valence-corrected chi connectivity index (χ2v) is 10.6.